The van der Waals surface area contributed by atoms with Crippen molar-refractivity contribution in [2.75, 3.05) is 20.3 Å². The van der Waals surface area contributed by atoms with Crippen molar-refractivity contribution in [3.63, 3.8) is 0 Å². The van der Waals surface area contributed by atoms with Gasteiger partial charge in [0.15, 0.2) is 0 Å². The van der Waals surface area contributed by atoms with Gasteiger partial charge in [0.2, 0.25) is 0 Å². The lowest BCUT2D eigenvalue weighted by Gasteiger charge is -2.26. The summed E-state index contributed by atoms with van der Waals surface area (Å²) in [7, 11) is 2.18. The van der Waals surface area contributed by atoms with Gasteiger partial charge in [-0.05, 0) is 69.1 Å². The van der Waals surface area contributed by atoms with Crippen LogP contribution in [0.25, 0.3) is 11.0 Å². The monoisotopic (exact) mass is 379 g/mol. The van der Waals surface area contributed by atoms with E-state index in [0.717, 1.165) is 37.4 Å². The Kier molecular flexibility index (Phi) is 5.64. The van der Waals surface area contributed by atoms with Crippen molar-refractivity contribution in [2.24, 2.45) is 0 Å². The highest BCUT2D eigenvalue weighted by molar-refractivity contribution is 5.81. The Bertz CT molecular complexity index is 913. The van der Waals surface area contributed by atoms with E-state index in [0.29, 0.717) is 6.61 Å². The van der Waals surface area contributed by atoms with Crippen molar-refractivity contribution in [3.05, 3.63) is 59.4 Å². The Morgan fingerprint density at radius 3 is 2.82 bits per heavy atom. The third-order valence-corrected chi connectivity index (χ3v) is 5.70. The zero-order valence-corrected chi connectivity index (χ0v) is 16.9. The van der Waals surface area contributed by atoms with Crippen LogP contribution in [-0.2, 0) is 11.3 Å². The molecule has 28 heavy (non-hydrogen) atoms. The number of benzene rings is 1. The summed E-state index contributed by atoms with van der Waals surface area (Å²) in [5.74, 6) is 0.921. The Morgan fingerprint density at radius 1 is 1.29 bits per heavy atom. The molecule has 1 N–H and O–H groups in total. The van der Waals surface area contributed by atoms with E-state index in [1.165, 1.54) is 22.2 Å². The molecule has 0 aliphatic carbocycles. The van der Waals surface area contributed by atoms with Crippen LogP contribution in [0.5, 0.6) is 5.75 Å². The zero-order chi connectivity index (χ0) is 19.5. The van der Waals surface area contributed by atoms with Gasteiger partial charge < -0.3 is 14.5 Å². The van der Waals surface area contributed by atoms with E-state index in [9.17, 15) is 0 Å². The van der Waals surface area contributed by atoms with Gasteiger partial charge in [0.25, 0.3) is 0 Å². The molecule has 5 nitrogen and oxygen atoms in total. The third kappa shape index (κ3) is 3.77. The van der Waals surface area contributed by atoms with E-state index < -0.39 is 0 Å². The highest BCUT2D eigenvalue weighted by atomic mass is 16.5. The number of fused-ring (bicyclic) bond motifs is 1. The van der Waals surface area contributed by atoms with Crippen molar-refractivity contribution < 1.29 is 9.47 Å². The number of nitrogens with zero attached hydrogens (tertiary/aromatic N) is 2. The number of ether oxygens (including phenoxy) is 2. The molecule has 1 fully saturated rings. The normalized spacial score (nSPS) is 18.1. The fraction of sp³-hybridized carbons (Fsp3) is 0.435. The van der Waals surface area contributed by atoms with Gasteiger partial charge in [-0.15, -0.1) is 0 Å². The average molecular weight is 380 g/mol. The Hall–Kier alpha value is -2.37. The van der Waals surface area contributed by atoms with Crippen LogP contribution in [0.15, 0.2) is 42.6 Å². The van der Waals surface area contributed by atoms with E-state index in [1.54, 1.807) is 0 Å². The van der Waals surface area contributed by atoms with Crippen molar-refractivity contribution >= 4 is 11.0 Å². The number of hydrogen-bond acceptors (Lipinski definition) is 4. The maximum Gasteiger partial charge on any atom is 0.137 e. The lowest BCUT2D eigenvalue weighted by molar-refractivity contribution is 0.107. The van der Waals surface area contributed by atoms with Gasteiger partial charge in [0.05, 0.1) is 18.4 Å². The standard InChI is InChI=1S/C23H29N3O2/c1-4-27-18-11-9-17(10-12-18)16(2)26(3)15-20-19-7-5-13-24-23(19)25-22(20)21-8-6-14-28-21/h5,7,9-13,16,21H,4,6,8,14-15H2,1-3H3,(H,24,25)/t16-,21+/m1/s1. The number of aromatic amines is 1. The van der Waals surface area contributed by atoms with E-state index >= 15 is 0 Å². The lowest BCUT2D eigenvalue weighted by Crippen LogP contribution is -2.22. The van der Waals surface area contributed by atoms with Gasteiger partial charge in [-0.2, -0.15) is 0 Å². The number of aromatic nitrogens is 2. The maximum absolute atomic E-state index is 5.98. The topological polar surface area (TPSA) is 50.4 Å². The van der Waals surface area contributed by atoms with E-state index in [4.69, 9.17) is 9.47 Å². The summed E-state index contributed by atoms with van der Waals surface area (Å²) in [6.07, 6.45) is 4.18. The van der Waals surface area contributed by atoms with Crippen LogP contribution in [0.4, 0.5) is 0 Å². The fourth-order valence-corrected chi connectivity index (χ4v) is 4.00. The van der Waals surface area contributed by atoms with Gasteiger partial charge in [0.1, 0.15) is 11.4 Å². The fourth-order valence-electron chi connectivity index (χ4n) is 4.00. The van der Waals surface area contributed by atoms with Gasteiger partial charge >= 0.3 is 0 Å². The van der Waals surface area contributed by atoms with Crippen molar-refractivity contribution in [1.29, 1.82) is 0 Å². The predicted molar refractivity (Wildman–Crippen MR) is 112 cm³/mol. The molecule has 5 heteroatoms. The molecule has 1 saturated heterocycles. The smallest absolute Gasteiger partial charge is 0.137 e. The minimum atomic E-state index is 0.151. The molecule has 3 heterocycles. The predicted octanol–water partition coefficient (Wildman–Crippen LogP) is 5.01. The largest absolute Gasteiger partial charge is 0.494 e. The second-order valence-corrected chi connectivity index (χ2v) is 7.51. The van der Waals surface area contributed by atoms with E-state index in [-0.39, 0.29) is 12.1 Å². The molecule has 148 valence electrons. The van der Waals surface area contributed by atoms with Gasteiger partial charge in [-0.1, -0.05) is 12.1 Å². The Labute approximate surface area is 166 Å². The van der Waals surface area contributed by atoms with Crippen LogP contribution in [0.2, 0.25) is 0 Å². The Morgan fingerprint density at radius 2 is 2.11 bits per heavy atom. The van der Waals surface area contributed by atoms with Crippen molar-refractivity contribution in [1.82, 2.24) is 14.9 Å². The summed E-state index contributed by atoms with van der Waals surface area (Å²) in [6, 6.07) is 12.9. The molecule has 1 aliphatic rings. The molecular weight excluding hydrogens is 350 g/mol. The first-order valence-corrected chi connectivity index (χ1v) is 10.2. The van der Waals surface area contributed by atoms with E-state index in [2.05, 4.69) is 59.2 Å². The van der Waals surface area contributed by atoms with Crippen molar-refractivity contribution in [3.8, 4) is 5.75 Å². The third-order valence-electron chi connectivity index (χ3n) is 5.70. The van der Waals surface area contributed by atoms with Crippen LogP contribution in [0.3, 0.4) is 0 Å². The minimum absolute atomic E-state index is 0.151. The van der Waals surface area contributed by atoms with Crippen LogP contribution in [0, 0.1) is 0 Å². The van der Waals surface area contributed by atoms with E-state index in [1.807, 2.05) is 19.2 Å². The first-order valence-electron chi connectivity index (χ1n) is 10.2. The molecule has 0 unspecified atom stereocenters. The van der Waals surface area contributed by atoms with Gasteiger partial charge in [-0.3, -0.25) is 4.90 Å². The molecule has 1 aromatic carbocycles. The summed E-state index contributed by atoms with van der Waals surface area (Å²) in [6.45, 7) is 6.62. The zero-order valence-electron chi connectivity index (χ0n) is 16.9. The van der Waals surface area contributed by atoms with Crippen LogP contribution in [0.1, 0.15) is 55.7 Å². The second kappa shape index (κ2) is 8.33. The summed E-state index contributed by atoms with van der Waals surface area (Å²) in [5, 5.41) is 1.19. The molecule has 0 bridgehead atoms. The number of pyridine rings is 1. The number of hydrogen-bond donors (Lipinski definition) is 1. The quantitative estimate of drug-likeness (QED) is 0.627. The Balaban J connectivity index is 1.58. The molecule has 4 rings (SSSR count). The molecule has 3 aromatic rings. The summed E-state index contributed by atoms with van der Waals surface area (Å²) < 4.78 is 11.5. The summed E-state index contributed by atoms with van der Waals surface area (Å²) in [4.78, 5) is 10.4. The molecular formula is C23H29N3O2. The van der Waals surface area contributed by atoms with Crippen LogP contribution < -0.4 is 4.74 Å². The molecule has 0 spiro atoms. The average Bonchev–Trinajstić information content (AvgIpc) is 3.36. The second-order valence-electron chi connectivity index (χ2n) is 7.51. The number of H-pyrrole nitrogens is 1. The van der Waals surface area contributed by atoms with Gasteiger partial charge in [0, 0.05) is 30.8 Å². The first-order chi connectivity index (χ1) is 13.7. The SMILES string of the molecule is CCOc1ccc([C@@H](C)N(C)Cc2c([C@@H]3CCCO3)[nH]c3ncccc23)cc1. The number of rotatable bonds is 7. The first kappa shape index (κ1) is 19.0. The van der Waals surface area contributed by atoms with Crippen LogP contribution >= 0.6 is 0 Å². The molecule has 0 radical (unpaired) electrons. The highest BCUT2D eigenvalue weighted by Gasteiger charge is 2.26. The molecule has 2 aromatic heterocycles. The molecule has 1 aliphatic heterocycles. The van der Waals surface area contributed by atoms with Crippen LogP contribution in [-0.4, -0.2) is 35.1 Å². The lowest BCUT2D eigenvalue weighted by atomic mass is 10.0. The van der Waals surface area contributed by atoms with Gasteiger partial charge in [-0.25, -0.2) is 4.98 Å². The highest BCUT2D eigenvalue weighted by Crippen LogP contribution is 2.35. The molecule has 0 saturated carbocycles. The minimum Gasteiger partial charge on any atom is -0.494 e. The molecule has 0 amide bonds. The summed E-state index contributed by atoms with van der Waals surface area (Å²) >= 11 is 0. The van der Waals surface area contributed by atoms with Crippen molar-refractivity contribution in [2.45, 2.75) is 45.4 Å². The molecule has 2 atom stereocenters. The number of nitrogens with one attached hydrogen (secondary N) is 1. The maximum atomic E-state index is 5.98. The summed E-state index contributed by atoms with van der Waals surface area (Å²) in [5.41, 5.74) is 4.72.